The Kier molecular flexibility index (Phi) is 4.13. The molecule has 1 aromatic carbocycles. The van der Waals surface area contributed by atoms with Crippen molar-refractivity contribution in [2.75, 3.05) is 19.3 Å². The van der Waals surface area contributed by atoms with Crippen LogP contribution in [-0.4, -0.2) is 35.1 Å². The molecule has 0 N–H and O–H groups in total. The molecule has 1 unspecified atom stereocenters. The normalized spacial score (nSPS) is 21.9. The fraction of sp³-hybridized carbons (Fsp3) is 0.333. The number of nitrogens with zero attached hydrogens (tertiary/aromatic N) is 3. The summed E-state index contributed by atoms with van der Waals surface area (Å²) in [6.45, 7) is 1.90. The van der Waals surface area contributed by atoms with Gasteiger partial charge in [-0.15, -0.1) is 0 Å². The summed E-state index contributed by atoms with van der Waals surface area (Å²) >= 11 is 7.58. The highest BCUT2D eigenvalue weighted by atomic mass is 35.5. The highest BCUT2D eigenvalue weighted by molar-refractivity contribution is 8.13. The van der Waals surface area contributed by atoms with Crippen molar-refractivity contribution >= 4 is 39.9 Å². The van der Waals surface area contributed by atoms with Crippen molar-refractivity contribution < 1.29 is 0 Å². The molecule has 0 aromatic heterocycles. The summed E-state index contributed by atoms with van der Waals surface area (Å²) in [5, 5.41) is 1.78. The lowest BCUT2D eigenvalue weighted by Crippen LogP contribution is -2.26. The van der Waals surface area contributed by atoms with Crippen molar-refractivity contribution in [1.82, 2.24) is 4.90 Å². The zero-order valence-electron chi connectivity index (χ0n) is 11.3. The van der Waals surface area contributed by atoms with Crippen LogP contribution < -0.4 is 0 Å². The molecule has 0 spiro atoms. The predicted octanol–water partition coefficient (Wildman–Crippen LogP) is 3.98. The van der Waals surface area contributed by atoms with Gasteiger partial charge in [0.1, 0.15) is 0 Å². The molecular formula is C15H16ClN3S. The van der Waals surface area contributed by atoms with Crippen LogP contribution in [0.1, 0.15) is 6.42 Å². The minimum Gasteiger partial charge on any atom is -0.345 e. The molecule has 0 bridgehead atoms. The number of fused-ring (bicyclic) bond motifs is 1. The number of benzene rings is 1. The van der Waals surface area contributed by atoms with Crippen molar-refractivity contribution in [1.29, 1.82) is 0 Å². The first-order valence-corrected chi connectivity index (χ1v) is 8.21. The topological polar surface area (TPSA) is 28.0 Å². The largest absolute Gasteiger partial charge is 0.345 e. The molecule has 1 atom stereocenters. The van der Waals surface area contributed by atoms with Crippen LogP contribution in [0, 0.1) is 5.92 Å². The molecule has 1 saturated heterocycles. The van der Waals surface area contributed by atoms with E-state index >= 15 is 0 Å². The third kappa shape index (κ3) is 2.91. The first kappa shape index (κ1) is 13.7. The quantitative estimate of drug-likeness (QED) is 0.580. The Morgan fingerprint density at radius 3 is 2.90 bits per heavy atom. The molecule has 0 aliphatic carbocycles. The van der Waals surface area contributed by atoms with Crippen molar-refractivity contribution in [2.24, 2.45) is 15.9 Å². The van der Waals surface area contributed by atoms with E-state index in [4.69, 9.17) is 16.6 Å². The smallest absolute Gasteiger partial charge is 0.164 e. The molecule has 2 heterocycles. The van der Waals surface area contributed by atoms with E-state index in [-0.39, 0.29) is 0 Å². The second kappa shape index (κ2) is 6.02. The number of hydrogen-bond donors (Lipinski definition) is 0. The number of likely N-dealkylation sites (tertiary alicyclic amines) is 1. The van der Waals surface area contributed by atoms with Crippen LogP contribution in [0.5, 0.6) is 0 Å². The molecule has 2 aliphatic heterocycles. The van der Waals surface area contributed by atoms with Gasteiger partial charge in [-0.25, -0.2) is 4.99 Å². The Labute approximate surface area is 128 Å². The van der Waals surface area contributed by atoms with Gasteiger partial charge in [-0.05, 0) is 36.9 Å². The standard InChI is InChI=1S/C15H16ClN3S/c1-20-15(18-13-6-4-12(16)5-7-13)19-9-11-3-2-8-17-14(11)10-19/h2,4-8,11H,3,9-10H2,1H3. The zero-order chi connectivity index (χ0) is 13.9. The van der Waals surface area contributed by atoms with E-state index in [0.717, 1.165) is 35.4 Å². The molecule has 20 heavy (non-hydrogen) atoms. The number of allylic oxidation sites excluding steroid dienone is 1. The lowest BCUT2D eigenvalue weighted by Gasteiger charge is -2.18. The van der Waals surface area contributed by atoms with Crippen LogP contribution in [0.3, 0.4) is 0 Å². The SMILES string of the molecule is CSC(=Nc1ccc(Cl)cc1)N1CC2=NC=CCC2C1. The number of amidine groups is 1. The Bertz CT molecular complexity index is 577. The minimum atomic E-state index is 0.558. The molecule has 1 fully saturated rings. The molecule has 104 valence electrons. The van der Waals surface area contributed by atoms with Crippen molar-refractivity contribution in [3.05, 3.63) is 41.6 Å². The molecule has 3 nitrogen and oxygen atoms in total. The average Bonchev–Trinajstić information content (AvgIpc) is 2.90. The van der Waals surface area contributed by atoms with E-state index in [0.29, 0.717) is 5.92 Å². The number of rotatable bonds is 1. The molecule has 1 aromatic rings. The van der Waals surface area contributed by atoms with Gasteiger partial charge in [-0.1, -0.05) is 29.4 Å². The van der Waals surface area contributed by atoms with E-state index in [2.05, 4.69) is 22.2 Å². The molecule has 0 radical (unpaired) electrons. The summed E-state index contributed by atoms with van der Waals surface area (Å²) in [5.74, 6) is 0.558. The first-order valence-electron chi connectivity index (χ1n) is 6.61. The summed E-state index contributed by atoms with van der Waals surface area (Å²) in [6, 6.07) is 7.63. The van der Waals surface area contributed by atoms with Gasteiger partial charge in [0.15, 0.2) is 5.17 Å². The van der Waals surface area contributed by atoms with Crippen LogP contribution in [0.25, 0.3) is 0 Å². The zero-order valence-corrected chi connectivity index (χ0v) is 12.9. The van der Waals surface area contributed by atoms with Crippen LogP contribution >= 0.6 is 23.4 Å². The van der Waals surface area contributed by atoms with E-state index in [1.807, 2.05) is 30.5 Å². The molecule has 5 heteroatoms. The van der Waals surface area contributed by atoms with Crippen LogP contribution in [-0.2, 0) is 0 Å². The van der Waals surface area contributed by atoms with Crippen LogP contribution in [0.4, 0.5) is 5.69 Å². The van der Waals surface area contributed by atoms with E-state index in [1.165, 1.54) is 5.71 Å². The summed E-state index contributed by atoms with van der Waals surface area (Å²) in [7, 11) is 0. The fourth-order valence-electron chi connectivity index (χ4n) is 2.51. The average molecular weight is 306 g/mol. The molecule has 0 saturated carbocycles. The van der Waals surface area contributed by atoms with Gasteiger partial charge < -0.3 is 4.90 Å². The van der Waals surface area contributed by atoms with E-state index in [1.54, 1.807) is 11.8 Å². The van der Waals surface area contributed by atoms with E-state index in [9.17, 15) is 0 Å². The second-order valence-electron chi connectivity index (χ2n) is 4.89. The molecule has 3 rings (SSSR count). The molecule has 2 aliphatic rings. The van der Waals surface area contributed by atoms with Gasteiger partial charge in [0.2, 0.25) is 0 Å². The van der Waals surface area contributed by atoms with Gasteiger partial charge in [-0.3, -0.25) is 4.99 Å². The summed E-state index contributed by atoms with van der Waals surface area (Å²) in [5.41, 5.74) is 2.22. The monoisotopic (exact) mass is 305 g/mol. The molecule has 0 amide bonds. The van der Waals surface area contributed by atoms with Crippen LogP contribution in [0.2, 0.25) is 5.02 Å². The Morgan fingerprint density at radius 1 is 1.40 bits per heavy atom. The predicted molar refractivity (Wildman–Crippen MR) is 88.3 cm³/mol. The van der Waals surface area contributed by atoms with E-state index < -0.39 is 0 Å². The summed E-state index contributed by atoms with van der Waals surface area (Å²) < 4.78 is 0. The maximum atomic E-state index is 5.91. The molecular weight excluding hydrogens is 290 g/mol. The summed E-state index contributed by atoms with van der Waals surface area (Å²) in [4.78, 5) is 11.5. The number of halogens is 1. The third-order valence-corrected chi connectivity index (χ3v) is 4.50. The van der Waals surface area contributed by atoms with Gasteiger partial charge in [-0.2, -0.15) is 0 Å². The van der Waals surface area contributed by atoms with Crippen molar-refractivity contribution in [3.63, 3.8) is 0 Å². The highest BCUT2D eigenvalue weighted by Crippen LogP contribution is 2.26. The number of aliphatic imine (C=N–C) groups is 2. The van der Waals surface area contributed by atoms with Gasteiger partial charge >= 0.3 is 0 Å². The van der Waals surface area contributed by atoms with Crippen molar-refractivity contribution in [2.45, 2.75) is 6.42 Å². The highest BCUT2D eigenvalue weighted by Gasteiger charge is 2.30. The minimum absolute atomic E-state index is 0.558. The number of thioether (sulfide) groups is 1. The Morgan fingerprint density at radius 2 is 2.20 bits per heavy atom. The first-order chi connectivity index (χ1) is 9.76. The Balaban J connectivity index is 1.79. The number of hydrogen-bond acceptors (Lipinski definition) is 3. The summed E-state index contributed by atoms with van der Waals surface area (Å²) in [6.07, 6.45) is 7.23. The third-order valence-electron chi connectivity index (χ3n) is 3.54. The van der Waals surface area contributed by atoms with Gasteiger partial charge in [0, 0.05) is 29.4 Å². The maximum Gasteiger partial charge on any atom is 0.164 e. The maximum absolute atomic E-state index is 5.91. The van der Waals surface area contributed by atoms with Gasteiger partial charge in [0.05, 0.1) is 12.2 Å². The lowest BCUT2D eigenvalue weighted by molar-refractivity contribution is 0.491. The fourth-order valence-corrected chi connectivity index (χ4v) is 3.23. The van der Waals surface area contributed by atoms with Gasteiger partial charge in [0.25, 0.3) is 0 Å². The van der Waals surface area contributed by atoms with Crippen molar-refractivity contribution in [3.8, 4) is 0 Å². The lowest BCUT2D eigenvalue weighted by atomic mass is 10.0. The Hall–Kier alpha value is -1.26. The second-order valence-corrected chi connectivity index (χ2v) is 6.10. The van der Waals surface area contributed by atoms with Crippen LogP contribution in [0.15, 0.2) is 46.5 Å².